The summed E-state index contributed by atoms with van der Waals surface area (Å²) < 4.78 is 30.7. The highest BCUT2D eigenvalue weighted by Crippen LogP contribution is 2.15. The number of nitrogens with zero attached hydrogens (tertiary/aromatic N) is 1. The summed E-state index contributed by atoms with van der Waals surface area (Å²) in [4.78, 5) is 11.5. The highest BCUT2D eigenvalue weighted by molar-refractivity contribution is 7.89. The van der Waals surface area contributed by atoms with E-state index in [2.05, 4.69) is 4.74 Å². The zero-order valence-corrected chi connectivity index (χ0v) is 12.6. The van der Waals surface area contributed by atoms with Crippen molar-refractivity contribution in [3.63, 3.8) is 0 Å². The van der Waals surface area contributed by atoms with Gasteiger partial charge in [-0.05, 0) is 31.2 Å². The molecule has 114 valence electrons. The van der Waals surface area contributed by atoms with Gasteiger partial charge in [-0.3, -0.25) is 4.79 Å². The normalized spacial score (nSPS) is 14.0. The van der Waals surface area contributed by atoms with Crippen molar-refractivity contribution in [2.75, 3.05) is 6.61 Å². The summed E-state index contributed by atoms with van der Waals surface area (Å²) in [5.41, 5.74) is 0. The number of aliphatic hydroxyl groups excluding tert-OH is 1. The molecule has 0 aliphatic heterocycles. The topological polar surface area (TPSA) is 116 Å². The zero-order chi connectivity index (χ0) is 16.0. The van der Waals surface area contributed by atoms with Crippen molar-refractivity contribution in [2.45, 2.75) is 24.0 Å². The van der Waals surface area contributed by atoms with Gasteiger partial charge in [0.25, 0.3) is 0 Å². The third kappa shape index (κ3) is 4.99. The van der Waals surface area contributed by atoms with Crippen LogP contribution in [0.15, 0.2) is 29.2 Å². The summed E-state index contributed by atoms with van der Waals surface area (Å²) in [6.45, 7) is 0.688. The van der Waals surface area contributed by atoms with Gasteiger partial charge in [-0.15, -0.1) is 0 Å². The quantitative estimate of drug-likeness (QED) is 0.730. The van der Waals surface area contributed by atoms with Crippen molar-refractivity contribution in [1.82, 2.24) is 4.72 Å². The largest absolute Gasteiger partial charge is 0.449 e. The molecule has 0 radical (unpaired) electrons. The molecule has 7 nitrogen and oxygen atoms in total. The van der Waals surface area contributed by atoms with Gasteiger partial charge in [0.15, 0.2) is 6.61 Å². The molecule has 0 saturated heterocycles. The predicted molar refractivity (Wildman–Crippen MR) is 73.8 cm³/mol. The Morgan fingerprint density at radius 3 is 2.52 bits per heavy atom. The molecule has 2 N–H and O–H groups in total. The fraction of sp³-hybridized carbons (Fsp3) is 0.333. The van der Waals surface area contributed by atoms with Gasteiger partial charge in [0.1, 0.15) is 12.1 Å². The van der Waals surface area contributed by atoms with Crippen molar-refractivity contribution in [2.24, 2.45) is 0 Å². The van der Waals surface area contributed by atoms with Crippen molar-refractivity contribution in [1.29, 1.82) is 5.26 Å². The zero-order valence-electron chi connectivity index (χ0n) is 11.0. The van der Waals surface area contributed by atoms with Gasteiger partial charge in [-0.2, -0.15) is 9.98 Å². The first-order valence-corrected chi connectivity index (χ1v) is 7.63. The predicted octanol–water partition coefficient (Wildman–Crippen LogP) is 0.434. The van der Waals surface area contributed by atoms with Crippen LogP contribution in [-0.2, 0) is 19.6 Å². The minimum absolute atomic E-state index is 0.120. The van der Waals surface area contributed by atoms with E-state index in [1.807, 2.05) is 4.72 Å². The number of esters is 1. The average Bonchev–Trinajstić information content (AvgIpc) is 2.42. The van der Waals surface area contributed by atoms with Gasteiger partial charge in [0.2, 0.25) is 10.0 Å². The number of carbonyl (C=O) groups is 1. The Bertz CT molecular complexity index is 637. The lowest BCUT2D eigenvalue weighted by atomic mass is 10.2. The monoisotopic (exact) mass is 332 g/mol. The van der Waals surface area contributed by atoms with Crippen LogP contribution in [0.5, 0.6) is 0 Å². The van der Waals surface area contributed by atoms with Crippen LogP contribution in [0.25, 0.3) is 0 Å². The number of benzene rings is 1. The standard InChI is InChI=1S/C12H13ClN2O5S/c1-8(16)11(12(17)20-7-6-14)15-21(18,19)10-4-2-9(13)3-5-10/h2-5,8,11,15-16H,7H2,1H3. The Hall–Kier alpha value is -1.66. The number of hydrogen-bond donors (Lipinski definition) is 2. The van der Waals surface area contributed by atoms with E-state index in [1.165, 1.54) is 31.2 Å². The molecule has 0 bridgehead atoms. The van der Waals surface area contributed by atoms with Crippen molar-refractivity contribution in [3.8, 4) is 6.07 Å². The van der Waals surface area contributed by atoms with Crippen LogP contribution in [0.2, 0.25) is 5.02 Å². The van der Waals surface area contributed by atoms with E-state index in [9.17, 15) is 18.3 Å². The first kappa shape index (κ1) is 17.4. The first-order chi connectivity index (χ1) is 9.77. The van der Waals surface area contributed by atoms with Gasteiger partial charge in [0.05, 0.1) is 11.0 Å². The molecule has 1 rings (SSSR count). The maximum atomic E-state index is 12.1. The number of carbonyl (C=O) groups excluding carboxylic acids is 1. The number of ether oxygens (including phenoxy) is 1. The third-order valence-corrected chi connectivity index (χ3v) is 4.13. The Balaban J connectivity index is 2.95. The summed E-state index contributed by atoms with van der Waals surface area (Å²) in [7, 11) is -4.04. The molecule has 1 aromatic carbocycles. The summed E-state index contributed by atoms with van der Waals surface area (Å²) in [6.07, 6.45) is -1.33. The fourth-order valence-electron chi connectivity index (χ4n) is 1.39. The molecule has 0 aromatic heterocycles. The second kappa shape index (κ2) is 7.38. The molecule has 0 spiro atoms. The highest BCUT2D eigenvalue weighted by atomic mass is 35.5. The number of nitrogens with one attached hydrogen (secondary N) is 1. The summed E-state index contributed by atoms with van der Waals surface area (Å²) in [5.74, 6) is -1.04. The molecular weight excluding hydrogens is 320 g/mol. The SMILES string of the molecule is CC(O)C(NS(=O)(=O)c1ccc(Cl)cc1)C(=O)OCC#N. The van der Waals surface area contributed by atoms with Crippen molar-refractivity contribution < 1.29 is 23.1 Å². The molecular formula is C12H13ClN2O5S. The van der Waals surface area contributed by atoms with Crippen LogP contribution < -0.4 is 4.72 Å². The van der Waals surface area contributed by atoms with E-state index in [1.54, 1.807) is 6.07 Å². The van der Waals surface area contributed by atoms with Crippen LogP contribution in [0.3, 0.4) is 0 Å². The number of halogens is 1. The van der Waals surface area contributed by atoms with Gasteiger partial charge >= 0.3 is 5.97 Å². The Kier molecular flexibility index (Phi) is 6.11. The van der Waals surface area contributed by atoms with E-state index in [-0.39, 0.29) is 4.90 Å². The fourth-order valence-corrected chi connectivity index (χ4v) is 2.77. The molecule has 21 heavy (non-hydrogen) atoms. The van der Waals surface area contributed by atoms with Gasteiger partial charge in [-0.25, -0.2) is 8.42 Å². The van der Waals surface area contributed by atoms with Crippen molar-refractivity contribution in [3.05, 3.63) is 29.3 Å². The number of aliphatic hydroxyl groups is 1. The smallest absolute Gasteiger partial charge is 0.327 e. The minimum Gasteiger partial charge on any atom is -0.449 e. The third-order valence-electron chi connectivity index (χ3n) is 2.42. The van der Waals surface area contributed by atoms with E-state index in [4.69, 9.17) is 16.9 Å². The lowest BCUT2D eigenvalue weighted by Crippen LogP contribution is -2.48. The maximum absolute atomic E-state index is 12.1. The number of rotatable bonds is 6. The van der Waals surface area contributed by atoms with E-state index in [0.717, 1.165) is 0 Å². The van der Waals surface area contributed by atoms with Crippen LogP contribution >= 0.6 is 11.6 Å². The second-order valence-corrected chi connectivity index (χ2v) is 6.21. The molecule has 2 unspecified atom stereocenters. The molecule has 0 amide bonds. The molecule has 2 atom stereocenters. The first-order valence-electron chi connectivity index (χ1n) is 5.77. The Labute approximate surface area is 127 Å². The van der Waals surface area contributed by atoms with E-state index >= 15 is 0 Å². The average molecular weight is 333 g/mol. The molecule has 0 aliphatic carbocycles. The van der Waals surface area contributed by atoms with E-state index in [0.29, 0.717) is 5.02 Å². The number of hydrogen-bond acceptors (Lipinski definition) is 6. The number of nitriles is 1. The second-order valence-electron chi connectivity index (χ2n) is 4.06. The van der Waals surface area contributed by atoms with Crippen LogP contribution in [0.1, 0.15) is 6.92 Å². The van der Waals surface area contributed by atoms with E-state index < -0.39 is 34.7 Å². The molecule has 9 heteroatoms. The Morgan fingerprint density at radius 2 is 2.05 bits per heavy atom. The molecule has 0 fully saturated rings. The van der Waals surface area contributed by atoms with Crippen LogP contribution in [-0.4, -0.2) is 38.2 Å². The van der Waals surface area contributed by atoms with Gasteiger partial charge in [0, 0.05) is 5.02 Å². The van der Waals surface area contributed by atoms with Gasteiger partial charge < -0.3 is 9.84 Å². The Morgan fingerprint density at radius 1 is 1.48 bits per heavy atom. The van der Waals surface area contributed by atoms with Crippen LogP contribution in [0, 0.1) is 11.3 Å². The molecule has 0 aliphatic rings. The number of sulfonamides is 1. The highest BCUT2D eigenvalue weighted by Gasteiger charge is 2.30. The lowest BCUT2D eigenvalue weighted by molar-refractivity contribution is -0.146. The van der Waals surface area contributed by atoms with Crippen molar-refractivity contribution >= 4 is 27.6 Å². The van der Waals surface area contributed by atoms with Crippen LogP contribution in [0.4, 0.5) is 0 Å². The molecule has 0 saturated carbocycles. The molecule has 1 aromatic rings. The summed E-state index contributed by atoms with van der Waals surface area (Å²) in [6, 6.07) is 5.32. The summed E-state index contributed by atoms with van der Waals surface area (Å²) >= 11 is 5.67. The molecule has 0 heterocycles. The lowest BCUT2D eigenvalue weighted by Gasteiger charge is -2.19. The minimum atomic E-state index is -4.04. The maximum Gasteiger partial charge on any atom is 0.327 e. The summed E-state index contributed by atoms with van der Waals surface area (Å²) in [5, 5.41) is 18.2. The van der Waals surface area contributed by atoms with Gasteiger partial charge in [-0.1, -0.05) is 11.6 Å².